The highest BCUT2D eigenvalue weighted by atomic mass is 32.1. The first-order valence-electron chi connectivity index (χ1n) is 19.4. The lowest BCUT2D eigenvalue weighted by Gasteiger charge is -2.32. The molecule has 3 aromatic rings. The molecule has 1 heterocycles. The molecule has 0 atom stereocenters. The molecule has 5 rings (SSSR count). The van der Waals surface area contributed by atoms with Crippen LogP contribution in [0, 0.1) is 21.7 Å². The number of carbonyl (C=O) groups is 2. The average molecular weight is 755 g/mol. The third kappa shape index (κ3) is 8.83. The standard InChI is InChI=1S/C50H62N2O2S/c1-47(2,3)37-27-33(28-38(45(37)53)48(4,5)6)43(31-17-21-35(22-18-31)51(13)14)41-25-26-42(55-41)44(32-19-23-36(24-20-32)52(15)16)34-29-39(49(7,8)9)46(54)40(30-34)50(10,11)12/h17-30H,1-16H3. The number of carbonyl (C=O) groups excluding carboxylic acids is 2. The first-order chi connectivity index (χ1) is 25.3. The van der Waals surface area contributed by atoms with Gasteiger partial charge in [0.2, 0.25) is 0 Å². The zero-order valence-electron chi connectivity index (χ0n) is 36.2. The van der Waals surface area contributed by atoms with Crippen LogP contribution in [-0.4, -0.2) is 39.8 Å². The topological polar surface area (TPSA) is 40.6 Å². The summed E-state index contributed by atoms with van der Waals surface area (Å²) in [4.78, 5) is 34.6. The summed E-state index contributed by atoms with van der Waals surface area (Å²) in [6.45, 7) is 25.5. The van der Waals surface area contributed by atoms with Crippen molar-refractivity contribution in [2.45, 2.75) is 83.1 Å². The zero-order chi connectivity index (χ0) is 41.0. The van der Waals surface area contributed by atoms with E-state index in [0.717, 1.165) is 76.8 Å². The molecule has 0 unspecified atom stereocenters. The normalized spacial score (nSPS) is 15.7. The highest BCUT2D eigenvalue weighted by Crippen LogP contribution is 2.46. The second-order valence-corrected chi connectivity index (χ2v) is 20.7. The molecular weight excluding hydrogens is 693 g/mol. The van der Waals surface area contributed by atoms with Gasteiger partial charge in [0.1, 0.15) is 0 Å². The summed E-state index contributed by atoms with van der Waals surface area (Å²) in [5, 5.41) is 0. The fourth-order valence-electron chi connectivity index (χ4n) is 7.14. The number of rotatable bonds is 6. The third-order valence-electron chi connectivity index (χ3n) is 10.4. The number of Topliss-reactive ketones (excluding diaryl/α,β-unsaturated/α-hetero) is 2. The summed E-state index contributed by atoms with van der Waals surface area (Å²) < 4.78 is 0. The lowest BCUT2D eigenvalue weighted by atomic mass is 9.71. The molecule has 2 aliphatic rings. The molecule has 0 saturated heterocycles. The van der Waals surface area contributed by atoms with Crippen molar-refractivity contribution in [2.24, 2.45) is 21.7 Å². The molecule has 1 aromatic heterocycles. The molecule has 290 valence electrons. The smallest absolute Gasteiger partial charge is 0.186 e. The average Bonchev–Trinajstić information content (AvgIpc) is 3.53. The minimum atomic E-state index is -0.337. The number of allylic oxidation sites excluding steroid dienone is 10. The fourth-order valence-corrected chi connectivity index (χ4v) is 8.32. The van der Waals surface area contributed by atoms with Crippen molar-refractivity contribution in [2.75, 3.05) is 38.0 Å². The van der Waals surface area contributed by atoms with Gasteiger partial charge in [0.05, 0.1) is 0 Å². The molecule has 2 aliphatic carbocycles. The molecule has 2 aromatic carbocycles. The van der Waals surface area contributed by atoms with Gasteiger partial charge < -0.3 is 9.80 Å². The molecule has 0 N–H and O–H groups in total. The maximum atomic E-state index is 14.1. The Bertz CT molecular complexity index is 1950. The van der Waals surface area contributed by atoms with Crippen molar-refractivity contribution in [3.05, 3.63) is 139 Å². The van der Waals surface area contributed by atoms with Crippen LogP contribution in [0.25, 0.3) is 11.1 Å². The summed E-state index contributed by atoms with van der Waals surface area (Å²) in [5.41, 5.74) is 10.7. The SMILES string of the molecule is CN(C)c1ccc(C(=C2C=C(C(C)(C)C)C(=O)C(C(C)(C)C)=C2)c2ccc(C(=C3C=C(C(C)(C)C)C(=O)C(C(C)(C)C)=C3)c3ccc(N(C)C)cc3)s2)cc1. The van der Waals surface area contributed by atoms with E-state index < -0.39 is 0 Å². The first kappa shape index (κ1) is 41.7. The Morgan fingerprint density at radius 1 is 0.418 bits per heavy atom. The van der Waals surface area contributed by atoms with Gasteiger partial charge in [-0.25, -0.2) is 0 Å². The van der Waals surface area contributed by atoms with Crippen molar-refractivity contribution in [1.82, 2.24) is 0 Å². The summed E-state index contributed by atoms with van der Waals surface area (Å²) in [7, 11) is 8.23. The maximum Gasteiger partial charge on any atom is 0.186 e. The number of thiophene rings is 1. The second kappa shape index (κ2) is 14.9. The van der Waals surface area contributed by atoms with Crippen molar-refractivity contribution in [3.63, 3.8) is 0 Å². The Morgan fingerprint density at radius 2 is 0.673 bits per heavy atom. The second-order valence-electron chi connectivity index (χ2n) is 19.6. The molecule has 0 radical (unpaired) electrons. The van der Waals surface area contributed by atoms with E-state index in [1.54, 1.807) is 11.3 Å². The summed E-state index contributed by atoms with van der Waals surface area (Å²) in [6, 6.07) is 21.9. The number of ketones is 2. The van der Waals surface area contributed by atoms with E-state index >= 15 is 0 Å². The Balaban J connectivity index is 1.88. The minimum Gasteiger partial charge on any atom is -0.378 e. The maximum absolute atomic E-state index is 14.1. The monoisotopic (exact) mass is 754 g/mol. The number of benzene rings is 2. The molecule has 0 fully saturated rings. The molecule has 0 aliphatic heterocycles. The first-order valence-corrected chi connectivity index (χ1v) is 20.2. The van der Waals surface area contributed by atoms with Gasteiger partial charge in [-0.1, -0.05) is 107 Å². The van der Waals surface area contributed by atoms with E-state index in [2.05, 4.69) is 206 Å². The molecule has 55 heavy (non-hydrogen) atoms. The minimum absolute atomic E-state index is 0.126. The van der Waals surface area contributed by atoms with Crippen LogP contribution in [0.4, 0.5) is 11.4 Å². The number of hydrogen-bond donors (Lipinski definition) is 0. The number of hydrogen-bond acceptors (Lipinski definition) is 5. The van der Waals surface area contributed by atoms with Gasteiger partial charge in [0.15, 0.2) is 11.6 Å². The van der Waals surface area contributed by atoms with Crippen LogP contribution in [0.3, 0.4) is 0 Å². The molecule has 0 spiro atoms. The lowest BCUT2D eigenvalue weighted by molar-refractivity contribution is -0.114. The summed E-state index contributed by atoms with van der Waals surface area (Å²) >= 11 is 1.76. The van der Waals surface area contributed by atoms with Crippen molar-refractivity contribution >= 4 is 45.4 Å². The zero-order valence-corrected chi connectivity index (χ0v) is 37.0. The van der Waals surface area contributed by atoms with Gasteiger partial charge in [-0.05, 0) is 105 Å². The molecular formula is C50H62N2O2S. The van der Waals surface area contributed by atoms with Gasteiger partial charge in [0, 0.05) is 82.8 Å². The van der Waals surface area contributed by atoms with Gasteiger partial charge in [0.25, 0.3) is 0 Å². The molecule has 0 saturated carbocycles. The predicted molar refractivity (Wildman–Crippen MR) is 238 cm³/mol. The lowest BCUT2D eigenvalue weighted by Crippen LogP contribution is -2.28. The molecule has 5 heteroatoms. The van der Waals surface area contributed by atoms with E-state index in [0.29, 0.717) is 0 Å². The molecule has 0 bridgehead atoms. The highest BCUT2D eigenvalue weighted by Gasteiger charge is 2.37. The molecule has 4 nitrogen and oxygen atoms in total. The van der Waals surface area contributed by atoms with Crippen molar-refractivity contribution in [1.29, 1.82) is 0 Å². The van der Waals surface area contributed by atoms with Gasteiger partial charge >= 0.3 is 0 Å². The Kier molecular flexibility index (Phi) is 11.3. The summed E-state index contributed by atoms with van der Waals surface area (Å²) in [5.74, 6) is 0.252. The van der Waals surface area contributed by atoms with Crippen LogP contribution in [0.5, 0.6) is 0 Å². The van der Waals surface area contributed by atoms with E-state index in [4.69, 9.17) is 0 Å². The van der Waals surface area contributed by atoms with Crippen LogP contribution >= 0.6 is 11.3 Å². The van der Waals surface area contributed by atoms with Gasteiger partial charge in [-0.15, -0.1) is 11.3 Å². The van der Waals surface area contributed by atoms with Crippen molar-refractivity contribution in [3.8, 4) is 0 Å². The largest absolute Gasteiger partial charge is 0.378 e. The van der Waals surface area contributed by atoms with E-state index in [1.807, 2.05) is 0 Å². The molecule has 0 amide bonds. The number of anilines is 2. The van der Waals surface area contributed by atoms with Crippen molar-refractivity contribution < 1.29 is 9.59 Å². The van der Waals surface area contributed by atoms with Crippen LogP contribution < -0.4 is 9.80 Å². The van der Waals surface area contributed by atoms with Gasteiger partial charge in [-0.3, -0.25) is 9.59 Å². The summed E-state index contributed by atoms with van der Waals surface area (Å²) in [6.07, 6.45) is 8.54. The van der Waals surface area contributed by atoms with Gasteiger partial charge in [-0.2, -0.15) is 0 Å². The van der Waals surface area contributed by atoms with E-state index in [1.165, 1.54) is 0 Å². The third-order valence-corrected chi connectivity index (χ3v) is 11.6. The Morgan fingerprint density at radius 3 is 0.891 bits per heavy atom. The fraction of sp³-hybridized carbons (Fsp3) is 0.400. The van der Waals surface area contributed by atoms with E-state index in [9.17, 15) is 9.59 Å². The van der Waals surface area contributed by atoms with Crippen LogP contribution in [0.1, 0.15) is 104 Å². The van der Waals surface area contributed by atoms with E-state index in [-0.39, 0.29) is 33.2 Å². The van der Waals surface area contributed by atoms with Crippen LogP contribution in [0.15, 0.2) is 118 Å². The van der Waals surface area contributed by atoms with Crippen LogP contribution in [0.2, 0.25) is 0 Å². The Hall–Kier alpha value is -4.48. The number of nitrogens with zero attached hydrogens (tertiary/aromatic N) is 2. The Labute approximate surface area is 335 Å². The highest BCUT2D eigenvalue weighted by molar-refractivity contribution is 7.14. The predicted octanol–water partition coefficient (Wildman–Crippen LogP) is 12.5. The quantitative estimate of drug-likeness (QED) is 0.251. The van der Waals surface area contributed by atoms with Crippen LogP contribution in [-0.2, 0) is 9.59 Å².